The summed E-state index contributed by atoms with van der Waals surface area (Å²) >= 11 is 1.28. The normalized spacial score (nSPS) is 12.1. The van der Waals surface area contributed by atoms with Crippen LogP contribution in [0.15, 0.2) is 30.6 Å². The first-order chi connectivity index (χ1) is 11.6. The second-order valence-electron chi connectivity index (χ2n) is 5.02. The average molecular weight is 344 g/mol. The number of carbonyl (C=O) groups is 1. The maximum absolute atomic E-state index is 12.5. The largest absolute Gasteiger partial charge is 0.374 e. The minimum atomic E-state index is -0.289. The van der Waals surface area contributed by atoms with Crippen molar-refractivity contribution in [1.29, 1.82) is 0 Å². The van der Waals surface area contributed by atoms with Crippen LogP contribution in [0.1, 0.15) is 34.1 Å². The first kappa shape index (κ1) is 16.2. The molecule has 8 nitrogen and oxygen atoms in total. The summed E-state index contributed by atoms with van der Waals surface area (Å²) < 4.78 is 6.80. The minimum absolute atomic E-state index is 0.165. The Bertz CT molecular complexity index is 845. The highest BCUT2D eigenvalue weighted by atomic mass is 32.1. The highest BCUT2D eigenvalue weighted by Crippen LogP contribution is 2.24. The maximum Gasteiger partial charge on any atom is 0.260 e. The van der Waals surface area contributed by atoms with E-state index in [0.717, 1.165) is 0 Å². The van der Waals surface area contributed by atoms with Crippen LogP contribution in [0, 0.1) is 6.92 Å². The number of amides is 1. The molecule has 0 saturated carbocycles. The van der Waals surface area contributed by atoms with Gasteiger partial charge in [-0.05, 0) is 26.0 Å². The molecule has 3 aromatic rings. The number of ether oxygens (including phenoxy) is 1. The molecule has 3 aromatic heterocycles. The number of anilines is 1. The highest BCUT2D eigenvalue weighted by molar-refractivity contribution is 7.15. The third-order valence-electron chi connectivity index (χ3n) is 3.48. The molecule has 124 valence electrons. The van der Waals surface area contributed by atoms with Crippen molar-refractivity contribution in [2.75, 3.05) is 12.4 Å². The van der Waals surface area contributed by atoms with Gasteiger partial charge in [-0.25, -0.2) is 9.67 Å². The van der Waals surface area contributed by atoms with Crippen LogP contribution in [-0.2, 0) is 4.74 Å². The average Bonchev–Trinajstić information content (AvgIpc) is 3.21. The zero-order valence-electron chi connectivity index (χ0n) is 13.4. The first-order valence-electron chi connectivity index (χ1n) is 7.23. The van der Waals surface area contributed by atoms with Gasteiger partial charge < -0.3 is 4.74 Å². The topological polar surface area (TPSA) is 94.8 Å². The van der Waals surface area contributed by atoms with Gasteiger partial charge in [-0.2, -0.15) is 5.10 Å². The van der Waals surface area contributed by atoms with E-state index in [2.05, 4.69) is 25.6 Å². The van der Waals surface area contributed by atoms with Crippen LogP contribution in [0.25, 0.3) is 5.82 Å². The standard InChI is InChI=1S/C15H16N6O2S/c1-9-11(8-17-21(9)12-6-4-5-7-16-12)13(22)18-15-20-19-14(24-15)10(2)23-3/h4-8,10H,1-3H3,(H,18,20,22). The Morgan fingerprint density at radius 1 is 1.38 bits per heavy atom. The molecular weight excluding hydrogens is 328 g/mol. The molecule has 1 amide bonds. The first-order valence-corrected chi connectivity index (χ1v) is 8.05. The monoisotopic (exact) mass is 344 g/mol. The van der Waals surface area contributed by atoms with Gasteiger partial charge in [-0.15, -0.1) is 10.2 Å². The molecule has 1 atom stereocenters. The van der Waals surface area contributed by atoms with Crippen molar-refractivity contribution in [3.8, 4) is 5.82 Å². The van der Waals surface area contributed by atoms with Crippen molar-refractivity contribution >= 4 is 22.4 Å². The molecule has 1 N–H and O–H groups in total. The Labute approximate surface area is 142 Å². The van der Waals surface area contributed by atoms with Crippen molar-refractivity contribution in [1.82, 2.24) is 25.0 Å². The molecule has 0 bridgehead atoms. The predicted molar refractivity (Wildman–Crippen MR) is 89.4 cm³/mol. The number of hydrogen-bond acceptors (Lipinski definition) is 7. The van der Waals surface area contributed by atoms with E-state index in [-0.39, 0.29) is 12.0 Å². The number of pyridine rings is 1. The van der Waals surface area contributed by atoms with Crippen LogP contribution < -0.4 is 5.32 Å². The van der Waals surface area contributed by atoms with E-state index >= 15 is 0 Å². The summed E-state index contributed by atoms with van der Waals surface area (Å²) in [6.07, 6.45) is 3.02. The Morgan fingerprint density at radius 3 is 2.92 bits per heavy atom. The van der Waals surface area contributed by atoms with Gasteiger partial charge in [0.05, 0.1) is 17.5 Å². The van der Waals surface area contributed by atoms with Gasteiger partial charge in [0.15, 0.2) is 5.82 Å². The van der Waals surface area contributed by atoms with E-state index in [1.807, 2.05) is 32.0 Å². The number of hydrogen-bond donors (Lipinski definition) is 1. The molecule has 0 aliphatic heterocycles. The van der Waals surface area contributed by atoms with E-state index in [9.17, 15) is 4.79 Å². The van der Waals surface area contributed by atoms with Gasteiger partial charge in [0.1, 0.15) is 11.1 Å². The maximum atomic E-state index is 12.5. The summed E-state index contributed by atoms with van der Waals surface area (Å²) in [6, 6.07) is 5.51. The molecule has 0 radical (unpaired) electrons. The molecule has 0 fully saturated rings. The minimum Gasteiger partial charge on any atom is -0.374 e. The number of methoxy groups -OCH3 is 1. The summed E-state index contributed by atoms with van der Waals surface area (Å²) in [5.74, 6) is 0.364. The van der Waals surface area contributed by atoms with Gasteiger partial charge in [0, 0.05) is 13.3 Å². The smallest absolute Gasteiger partial charge is 0.260 e. The molecule has 0 aliphatic rings. The number of aromatic nitrogens is 5. The van der Waals surface area contributed by atoms with Crippen molar-refractivity contribution in [3.05, 3.63) is 46.9 Å². The molecule has 24 heavy (non-hydrogen) atoms. The van der Waals surface area contributed by atoms with Crippen LogP contribution in [0.5, 0.6) is 0 Å². The molecular formula is C15H16N6O2S. The second-order valence-corrected chi connectivity index (χ2v) is 6.03. The fraction of sp³-hybridized carbons (Fsp3) is 0.267. The van der Waals surface area contributed by atoms with Crippen molar-refractivity contribution in [2.24, 2.45) is 0 Å². The van der Waals surface area contributed by atoms with Gasteiger partial charge in [0.2, 0.25) is 5.13 Å². The van der Waals surface area contributed by atoms with E-state index in [1.165, 1.54) is 17.5 Å². The Hall–Kier alpha value is -2.65. The van der Waals surface area contributed by atoms with E-state index in [0.29, 0.717) is 27.2 Å². The second kappa shape index (κ2) is 6.85. The van der Waals surface area contributed by atoms with Crippen LogP contribution in [0.2, 0.25) is 0 Å². The number of rotatable bonds is 5. The van der Waals surface area contributed by atoms with Crippen molar-refractivity contribution < 1.29 is 9.53 Å². The molecule has 9 heteroatoms. The lowest BCUT2D eigenvalue weighted by Crippen LogP contribution is -2.13. The van der Waals surface area contributed by atoms with Gasteiger partial charge in [-0.1, -0.05) is 17.4 Å². The quantitative estimate of drug-likeness (QED) is 0.763. The fourth-order valence-corrected chi connectivity index (χ4v) is 2.82. The Morgan fingerprint density at radius 2 is 2.21 bits per heavy atom. The van der Waals surface area contributed by atoms with Crippen molar-refractivity contribution in [2.45, 2.75) is 20.0 Å². The zero-order chi connectivity index (χ0) is 17.1. The Balaban J connectivity index is 1.79. The summed E-state index contributed by atoms with van der Waals surface area (Å²) in [6.45, 7) is 3.68. The van der Waals surface area contributed by atoms with Crippen LogP contribution in [-0.4, -0.2) is 38.0 Å². The third kappa shape index (κ3) is 3.17. The van der Waals surface area contributed by atoms with Gasteiger partial charge >= 0.3 is 0 Å². The molecule has 1 unspecified atom stereocenters. The predicted octanol–water partition coefficient (Wildman–Crippen LogP) is 2.39. The van der Waals surface area contributed by atoms with Crippen molar-refractivity contribution in [3.63, 3.8) is 0 Å². The van der Waals surface area contributed by atoms with E-state index in [4.69, 9.17) is 4.74 Å². The molecule has 0 saturated heterocycles. The van der Waals surface area contributed by atoms with Gasteiger partial charge in [-0.3, -0.25) is 10.1 Å². The lowest BCUT2D eigenvalue weighted by atomic mass is 10.2. The SMILES string of the molecule is COC(C)c1nnc(NC(=O)c2cnn(-c3ccccn3)c2C)s1. The molecule has 0 aliphatic carbocycles. The van der Waals surface area contributed by atoms with Gasteiger partial charge in [0.25, 0.3) is 5.91 Å². The summed E-state index contributed by atoms with van der Waals surface area (Å²) in [5.41, 5.74) is 1.15. The van der Waals surface area contributed by atoms with E-state index < -0.39 is 0 Å². The summed E-state index contributed by atoms with van der Waals surface area (Å²) in [5, 5.41) is 16.1. The number of nitrogens with one attached hydrogen (secondary N) is 1. The number of carbonyl (C=O) groups excluding carboxylic acids is 1. The summed E-state index contributed by atoms with van der Waals surface area (Å²) in [4.78, 5) is 16.7. The Kier molecular flexibility index (Phi) is 4.63. The van der Waals surface area contributed by atoms with Crippen LogP contribution >= 0.6 is 11.3 Å². The lowest BCUT2D eigenvalue weighted by molar-refractivity contribution is 0.102. The third-order valence-corrected chi connectivity index (χ3v) is 4.48. The molecule has 0 spiro atoms. The fourth-order valence-electron chi connectivity index (χ4n) is 2.06. The molecule has 0 aromatic carbocycles. The number of nitrogens with zero attached hydrogens (tertiary/aromatic N) is 5. The zero-order valence-corrected chi connectivity index (χ0v) is 14.2. The highest BCUT2D eigenvalue weighted by Gasteiger charge is 2.18. The van der Waals surface area contributed by atoms with E-state index in [1.54, 1.807) is 18.0 Å². The summed E-state index contributed by atoms with van der Waals surface area (Å²) in [7, 11) is 1.60. The molecule has 3 heterocycles. The molecule has 3 rings (SSSR count). The van der Waals surface area contributed by atoms with Crippen LogP contribution in [0.4, 0.5) is 5.13 Å². The lowest BCUT2D eigenvalue weighted by Gasteiger charge is -2.04. The van der Waals surface area contributed by atoms with Crippen LogP contribution in [0.3, 0.4) is 0 Å².